The van der Waals surface area contributed by atoms with Gasteiger partial charge in [-0.3, -0.25) is 0 Å². The number of rotatable bonds is 2. The second-order valence-electron chi connectivity index (χ2n) is 4.07. The zero-order valence-corrected chi connectivity index (χ0v) is 11.6. The number of fused-ring (bicyclic) bond motifs is 1. The van der Waals surface area contributed by atoms with Gasteiger partial charge in [-0.15, -0.1) is 0 Å². The minimum atomic E-state index is 0.579. The summed E-state index contributed by atoms with van der Waals surface area (Å²) in [5.41, 5.74) is 2.38. The molecule has 1 heterocycles. The zero-order valence-electron chi connectivity index (χ0n) is 10.1. The van der Waals surface area contributed by atoms with Crippen molar-refractivity contribution in [3.05, 3.63) is 46.4 Å². The first kappa shape index (κ1) is 12.3. The van der Waals surface area contributed by atoms with Crippen LogP contribution in [-0.4, -0.2) is 17.1 Å². The minimum Gasteiger partial charge on any atom is -0.497 e. The van der Waals surface area contributed by atoms with Crippen LogP contribution in [0.15, 0.2) is 36.4 Å². The van der Waals surface area contributed by atoms with Crippen molar-refractivity contribution in [3.8, 4) is 17.1 Å². The third-order valence-corrected chi connectivity index (χ3v) is 3.53. The van der Waals surface area contributed by atoms with E-state index in [-0.39, 0.29) is 0 Å². The van der Waals surface area contributed by atoms with Crippen LogP contribution in [0.25, 0.3) is 22.4 Å². The van der Waals surface area contributed by atoms with E-state index in [9.17, 15) is 0 Å². The second kappa shape index (κ2) is 4.76. The number of aromatic amines is 1. The van der Waals surface area contributed by atoms with Crippen LogP contribution in [0, 0.1) is 0 Å². The third-order valence-electron chi connectivity index (χ3n) is 2.91. The summed E-state index contributed by atoms with van der Waals surface area (Å²) in [6, 6.07) is 11.1. The Labute approximate surface area is 120 Å². The number of imidazole rings is 1. The molecule has 0 unspecified atom stereocenters. The van der Waals surface area contributed by atoms with Gasteiger partial charge in [0, 0.05) is 5.56 Å². The molecule has 0 spiro atoms. The van der Waals surface area contributed by atoms with E-state index in [1.807, 2.05) is 24.3 Å². The summed E-state index contributed by atoms with van der Waals surface area (Å²) in [6.45, 7) is 0. The van der Waals surface area contributed by atoms with Crippen LogP contribution in [0.5, 0.6) is 5.75 Å². The highest BCUT2D eigenvalue weighted by Gasteiger charge is 2.10. The number of H-pyrrole nitrogens is 1. The Morgan fingerprint density at radius 1 is 1.00 bits per heavy atom. The predicted octanol–water partition coefficient (Wildman–Crippen LogP) is 4.55. The predicted molar refractivity (Wildman–Crippen MR) is 78.1 cm³/mol. The molecule has 96 valence electrons. The summed E-state index contributed by atoms with van der Waals surface area (Å²) >= 11 is 12.2. The highest BCUT2D eigenvalue weighted by Crippen LogP contribution is 2.30. The van der Waals surface area contributed by atoms with Gasteiger partial charge in [-0.25, -0.2) is 4.98 Å². The van der Waals surface area contributed by atoms with Gasteiger partial charge in [-0.05, 0) is 36.4 Å². The van der Waals surface area contributed by atoms with E-state index in [2.05, 4.69) is 9.97 Å². The summed E-state index contributed by atoms with van der Waals surface area (Å²) in [6.07, 6.45) is 0. The van der Waals surface area contributed by atoms with Gasteiger partial charge in [0.2, 0.25) is 0 Å². The number of nitrogens with zero attached hydrogens (tertiary/aromatic N) is 1. The molecule has 19 heavy (non-hydrogen) atoms. The van der Waals surface area contributed by atoms with Gasteiger partial charge in [0.25, 0.3) is 0 Å². The number of hydrogen-bond acceptors (Lipinski definition) is 2. The largest absolute Gasteiger partial charge is 0.497 e. The normalized spacial score (nSPS) is 10.9. The lowest BCUT2D eigenvalue weighted by molar-refractivity contribution is 0.415. The van der Waals surface area contributed by atoms with Crippen LogP contribution in [0.3, 0.4) is 0 Å². The van der Waals surface area contributed by atoms with Gasteiger partial charge in [0.05, 0.1) is 22.7 Å². The Bertz CT molecular complexity index is 696. The van der Waals surface area contributed by atoms with Crippen LogP contribution < -0.4 is 4.74 Å². The summed E-state index contributed by atoms with van der Waals surface area (Å²) in [5.74, 6) is 1.53. The lowest BCUT2D eigenvalue weighted by Gasteiger charge is -2.00. The van der Waals surface area contributed by atoms with Crippen LogP contribution in [0.1, 0.15) is 0 Å². The maximum Gasteiger partial charge on any atom is 0.138 e. The molecule has 0 aliphatic heterocycles. The quantitative estimate of drug-likeness (QED) is 0.753. The van der Waals surface area contributed by atoms with Crippen LogP contribution in [-0.2, 0) is 0 Å². The third kappa shape index (κ3) is 2.15. The fourth-order valence-electron chi connectivity index (χ4n) is 1.91. The van der Waals surface area contributed by atoms with E-state index >= 15 is 0 Å². The van der Waals surface area contributed by atoms with Gasteiger partial charge in [-0.1, -0.05) is 23.2 Å². The lowest BCUT2D eigenvalue weighted by atomic mass is 10.2. The van der Waals surface area contributed by atoms with Crippen molar-refractivity contribution in [2.45, 2.75) is 0 Å². The first-order valence-electron chi connectivity index (χ1n) is 5.67. The number of ether oxygens (including phenoxy) is 1. The Balaban J connectivity index is 2.14. The molecule has 3 aromatic rings. The summed E-state index contributed by atoms with van der Waals surface area (Å²) in [5, 5.41) is 1.18. The van der Waals surface area contributed by atoms with E-state index in [4.69, 9.17) is 27.9 Å². The Kier molecular flexibility index (Phi) is 3.09. The maximum atomic E-state index is 6.13. The molecule has 2 aromatic carbocycles. The van der Waals surface area contributed by atoms with Crippen molar-refractivity contribution >= 4 is 34.2 Å². The molecular formula is C14H10Cl2N2O. The van der Waals surface area contributed by atoms with Crippen molar-refractivity contribution in [1.82, 2.24) is 9.97 Å². The molecule has 0 saturated heterocycles. The highest BCUT2D eigenvalue weighted by atomic mass is 35.5. The maximum absolute atomic E-state index is 6.13. The number of methoxy groups -OCH3 is 1. The molecule has 0 aliphatic rings. The van der Waals surface area contributed by atoms with Gasteiger partial charge < -0.3 is 9.72 Å². The Hall–Kier alpha value is -1.71. The minimum absolute atomic E-state index is 0.579. The fourth-order valence-corrected chi connectivity index (χ4v) is 2.31. The molecule has 0 atom stereocenters. The molecule has 0 saturated carbocycles. The van der Waals surface area contributed by atoms with Crippen LogP contribution >= 0.6 is 23.2 Å². The monoisotopic (exact) mass is 292 g/mol. The van der Waals surface area contributed by atoms with Crippen molar-refractivity contribution in [2.75, 3.05) is 7.11 Å². The van der Waals surface area contributed by atoms with Crippen molar-refractivity contribution in [1.29, 1.82) is 0 Å². The molecule has 0 amide bonds. The van der Waals surface area contributed by atoms with Crippen molar-refractivity contribution < 1.29 is 4.74 Å². The number of nitrogens with one attached hydrogen (secondary N) is 1. The second-order valence-corrected chi connectivity index (χ2v) is 4.88. The average Bonchev–Trinajstić information content (AvgIpc) is 2.89. The number of halogens is 2. The van der Waals surface area contributed by atoms with E-state index in [0.29, 0.717) is 15.6 Å². The van der Waals surface area contributed by atoms with Crippen LogP contribution in [0.2, 0.25) is 10.0 Å². The van der Waals surface area contributed by atoms with E-state index in [0.717, 1.165) is 22.7 Å². The molecule has 5 heteroatoms. The number of benzene rings is 2. The van der Waals surface area contributed by atoms with E-state index in [1.54, 1.807) is 19.2 Å². The number of aromatic nitrogens is 2. The molecule has 0 radical (unpaired) electrons. The molecule has 0 aliphatic carbocycles. The summed E-state index contributed by atoms with van der Waals surface area (Å²) in [7, 11) is 1.63. The lowest BCUT2D eigenvalue weighted by Crippen LogP contribution is -1.83. The molecule has 1 N–H and O–H groups in total. The molecule has 3 nitrogen and oxygen atoms in total. The SMILES string of the molecule is COc1ccc(-c2nc3c(Cl)ccc(Cl)c3[nH]2)cc1. The fraction of sp³-hybridized carbons (Fsp3) is 0.0714. The summed E-state index contributed by atoms with van der Waals surface area (Å²) in [4.78, 5) is 7.68. The van der Waals surface area contributed by atoms with Gasteiger partial charge in [0.15, 0.2) is 0 Å². The first-order chi connectivity index (χ1) is 9.19. The van der Waals surface area contributed by atoms with E-state index in [1.165, 1.54) is 0 Å². The molecule has 0 bridgehead atoms. The molecule has 3 rings (SSSR count). The van der Waals surface area contributed by atoms with E-state index < -0.39 is 0 Å². The van der Waals surface area contributed by atoms with Gasteiger partial charge in [0.1, 0.15) is 17.1 Å². The number of hydrogen-bond donors (Lipinski definition) is 1. The average molecular weight is 293 g/mol. The highest BCUT2D eigenvalue weighted by molar-refractivity contribution is 6.39. The van der Waals surface area contributed by atoms with Gasteiger partial charge >= 0.3 is 0 Å². The molecule has 0 fully saturated rings. The smallest absolute Gasteiger partial charge is 0.138 e. The topological polar surface area (TPSA) is 37.9 Å². The Morgan fingerprint density at radius 3 is 2.32 bits per heavy atom. The standard InChI is InChI=1S/C14H10Cl2N2O/c1-19-9-4-2-8(3-5-9)14-17-12-10(15)6-7-11(16)13(12)18-14/h2-7H,1H3,(H,17,18). The molecular weight excluding hydrogens is 283 g/mol. The van der Waals surface area contributed by atoms with Crippen molar-refractivity contribution in [3.63, 3.8) is 0 Å². The van der Waals surface area contributed by atoms with Crippen molar-refractivity contribution in [2.24, 2.45) is 0 Å². The van der Waals surface area contributed by atoms with Gasteiger partial charge in [-0.2, -0.15) is 0 Å². The van der Waals surface area contributed by atoms with Crippen LogP contribution in [0.4, 0.5) is 0 Å². The summed E-state index contributed by atoms with van der Waals surface area (Å²) < 4.78 is 5.13. The zero-order chi connectivity index (χ0) is 13.4. The Morgan fingerprint density at radius 2 is 1.68 bits per heavy atom. The first-order valence-corrected chi connectivity index (χ1v) is 6.43. The molecule has 1 aromatic heterocycles.